The van der Waals surface area contributed by atoms with E-state index >= 15 is 0 Å². The number of carboxylic acid groups (broad SMARTS) is 1. The number of hydrogen-bond donors (Lipinski definition) is 1. The Bertz CT molecular complexity index is 675. The number of carbonyl (C=O) groups is 1. The highest BCUT2D eigenvalue weighted by molar-refractivity contribution is 5.87. The molecule has 0 saturated carbocycles. The van der Waals surface area contributed by atoms with E-state index < -0.39 is 67.2 Å². The van der Waals surface area contributed by atoms with Crippen LogP contribution in [-0.4, -0.2) is 11.1 Å². The normalized spacial score (nSPS) is 28.8. The van der Waals surface area contributed by atoms with Gasteiger partial charge in [-0.05, 0) is 23.1 Å². The molecule has 0 amide bonds. The Kier molecular flexibility index (Phi) is 0.541. The van der Waals surface area contributed by atoms with E-state index in [1.165, 1.54) is 0 Å². The van der Waals surface area contributed by atoms with Gasteiger partial charge in [0.1, 0.15) is 0 Å². The third-order valence-electron chi connectivity index (χ3n) is 1.21. The minimum Gasteiger partial charge on any atom is -0.478 e. The van der Waals surface area contributed by atoms with Gasteiger partial charge in [-0.3, -0.25) is 0 Å². The molecule has 0 bridgehead atoms. The smallest absolute Gasteiger partial charge is 0.335 e. The van der Waals surface area contributed by atoms with Gasteiger partial charge in [-0.1, -0.05) is 32.6 Å². The Labute approximate surface area is 96.5 Å². The van der Waals surface area contributed by atoms with Gasteiger partial charge in [0.2, 0.25) is 0 Å². The van der Waals surface area contributed by atoms with Crippen LogP contribution in [0.4, 0.5) is 0 Å². The second-order valence-corrected chi connectivity index (χ2v) is 2.31. The number of rotatable bonds is 1. The lowest BCUT2D eigenvalue weighted by molar-refractivity contribution is 0.0697. The predicted molar refractivity (Wildman–Crippen MR) is 52.1 cm³/mol. The van der Waals surface area contributed by atoms with Gasteiger partial charge in [0, 0.05) is 12.3 Å². The largest absolute Gasteiger partial charge is 0.478 e. The summed E-state index contributed by atoms with van der Waals surface area (Å²) < 4.78 is 99.2. The van der Waals surface area contributed by atoms with Gasteiger partial charge in [0.05, 0.1) is 11.0 Å². The lowest BCUT2D eigenvalue weighted by Gasteiger charge is -2.18. The first-order valence-electron chi connectivity index (χ1n) is 9.68. The van der Waals surface area contributed by atoms with Crippen molar-refractivity contribution in [1.29, 1.82) is 0 Å². The zero-order valence-corrected chi connectivity index (χ0v) is 6.36. The van der Waals surface area contributed by atoms with Crippen molar-refractivity contribution >= 4 is 5.97 Å². The van der Waals surface area contributed by atoms with Crippen molar-refractivity contribution in [2.75, 3.05) is 0 Å². The summed E-state index contributed by atoms with van der Waals surface area (Å²) in [5, 5.41) is 9.03. The van der Waals surface area contributed by atoms with Gasteiger partial charge in [-0.25, -0.2) is 4.79 Å². The Balaban J connectivity index is 4.33. The molecule has 0 aliphatic rings. The maximum Gasteiger partial charge on any atom is 0.335 e. The molecule has 1 aromatic carbocycles. The summed E-state index contributed by atoms with van der Waals surface area (Å²) in [6.45, 7) is -11.4. The van der Waals surface area contributed by atoms with Crippen LogP contribution >= 0.6 is 0 Å². The van der Waals surface area contributed by atoms with Crippen LogP contribution in [0.3, 0.4) is 0 Å². The number of carboxylic acids is 1. The third-order valence-corrected chi connectivity index (χ3v) is 1.21. The van der Waals surface area contributed by atoms with Gasteiger partial charge in [0.25, 0.3) is 0 Å². The standard InChI is InChI=1S/C11H14O2/c1-11(2,3)9-6-4-8(5-7-9)10(12)13/h4-7H,1-3H3,(H,12,13)/i1D3,2D3,3D3,4D,5D,6D,7D. The van der Waals surface area contributed by atoms with Crippen molar-refractivity contribution in [3.63, 3.8) is 0 Å². The minimum atomic E-state index is -3.79. The Morgan fingerprint density at radius 1 is 1.38 bits per heavy atom. The van der Waals surface area contributed by atoms with Crippen molar-refractivity contribution in [1.82, 2.24) is 0 Å². The first-order chi connectivity index (χ1) is 11.3. The summed E-state index contributed by atoms with van der Waals surface area (Å²) in [6.07, 6.45) is 0. The maximum atomic E-state index is 11.2. The van der Waals surface area contributed by atoms with Crippen molar-refractivity contribution in [3.05, 3.63) is 35.3 Å². The van der Waals surface area contributed by atoms with Gasteiger partial charge in [-0.15, -0.1) is 0 Å². The Morgan fingerprint density at radius 3 is 2.31 bits per heavy atom. The summed E-state index contributed by atoms with van der Waals surface area (Å²) in [6, 6.07) is -5.16. The van der Waals surface area contributed by atoms with Crippen LogP contribution < -0.4 is 0 Å². The zero-order chi connectivity index (χ0) is 21.0. The summed E-state index contributed by atoms with van der Waals surface area (Å²) in [5.74, 6) is -1.86. The molecule has 0 aromatic heterocycles. The monoisotopic (exact) mass is 191 g/mol. The first kappa shape index (κ1) is 2.19. The molecule has 1 N–H and O–H groups in total. The fourth-order valence-electron chi connectivity index (χ4n) is 0.607. The molecule has 1 rings (SSSR count). The van der Waals surface area contributed by atoms with Crippen molar-refractivity contribution in [2.24, 2.45) is 0 Å². The van der Waals surface area contributed by atoms with E-state index in [1.807, 2.05) is 0 Å². The van der Waals surface area contributed by atoms with Gasteiger partial charge >= 0.3 is 5.97 Å². The topological polar surface area (TPSA) is 37.3 Å². The lowest BCUT2D eigenvalue weighted by atomic mass is 9.87. The second-order valence-electron chi connectivity index (χ2n) is 2.31. The highest BCUT2D eigenvalue weighted by Crippen LogP contribution is 2.21. The maximum absolute atomic E-state index is 11.2. The molecule has 0 radical (unpaired) electrons. The van der Waals surface area contributed by atoms with E-state index in [4.69, 9.17) is 22.9 Å². The molecule has 0 atom stereocenters. The molecule has 2 heteroatoms. The molecule has 0 aliphatic heterocycles. The molecular formula is C11H14O2. The first-order valence-corrected chi connectivity index (χ1v) is 3.18. The molecule has 0 aliphatic carbocycles. The molecule has 0 heterocycles. The average Bonchev–Trinajstić information content (AvgIpc) is 2.36. The number of benzene rings is 1. The molecule has 0 saturated heterocycles. The van der Waals surface area contributed by atoms with Gasteiger partial charge < -0.3 is 5.11 Å². The predicted octanol–water partition coefficient (Wildman–Crippen LogP) is 2.68. The number of aromatic carboxylic acids is 1. The quantitative estimate of drug-likeness (QED) is 0.741. The third kappa shape index (κ3) is 2.31. The fourth-order valence-corrected chi connectivity index (χ4v) is 0.607. The fraction of sp³-hybridized carbons (Fsp3) is 0.364. The number of hydrogen-bond acceptors (Lipinski definition) is 1. The van der Waals surface area contributed by atoms with Crippen molar-refractivity contribution in [3.8, 4) is 0 Å². The highest BCUT2D eigenvalue weighted by Gasteiger charge is 2.13. The van der Waals surface area contributed by atoms with Gasteiger partial charge in [0.15, 0.2) is 0 Å². The average molecular weight is 191 g/mol. The molecule has 0 unspecified atom stereocenters. The summed E-state index contributed by atoms with van der Waals surface area (Å²) in [5.41, 5.74) is -6.28. The highest BCUT2D eigenvalue weighted by atomic mass is 16.4. The van der Waals surface area contributed by atoms with Crippen LogP contribution in [0, 0.1) is 0 Å². The van der Waals surface area contributed by atoms with Crippen molar-refractivity contribution in [2.45, 2.75) is 26.0 Å². The molecule has 0 spiro atoms. The van der Waals surface area contributed by atoms with Crippen molar-refractivity contribution < 1.29 is 27.7 Å². The van der Waals surface area contributed by atoms with Crippen LogP contribution in [0.2, 0.25) is 0 Å². The minimum absolute atomic E-state index is 1.13. The second kappa shape index (κ2) is 3.21. The van der Waals surface area contributed by atoms with Gasteiger partial charge in [-0.2, -0.15) is 0 Å². The van der Waals surface area contributed by atoms with E-state index in [1.54, 1.807) is 0 Å². The Morgan fingerprint density at radius 2 is 1.92 bits per heavy atom. The van der Waals surface area contributed by atoms with E-state index in [9.17, 15) is 4.79 Å². The SMILES string of the molecule is [2H]c1c([2H])c(C(C([2H])([2H])[2H])(C([2H])([2H])[2H])C([2H])([2H])[2H])c([2H])c([2H])c1C(=O)O. The zero-order valence-electron chi connectivity index (χ0n) is 19.4. The van der Waals surface area contributed by atoms with E-state index in [0.717, 1.165) is 0 Å². The molecule has 1 aromatic rings. The summed E-state index contributed by atoms with van der Waals surface area (Å²) >= 11 is 0. The Hall–Kier alpha value is -1.31. The van der Waals surface area contributed by atoms with Crippen LogP contribution in [0.25, 0.3) is 0 Å². The summed E-state index contributed by atoms with van der Waals surface area (Å²) in [7, 11) is 0. The molecular weight excluding hydrogens is 164 g/mol. The van der Waals surface area contributed by atoms with Crippen LogP contribution in [0.1, 0.15) is 54.3 Å². The van der Waals surface area contributed by atoms with E-state index in [2.05, 4.69) is 0 Å². The molecule has 0 fully saturated rings. The van der Waals surface area contributed by atoms with E-state index in [-0.39, 0.29) is 0 Å². The molecule has 2 nitrogen and oxygen atoms in total. The molecule has 13 heavy (non-hydrogen) atoms. The van der Waals surface area contributed by atoms with E-state index in [0.29, 0.717) is 0 Å². The summed E-state index contributed by atoms with van der Waals surface area (Å²) in [4.78, 5) is 11.2. The molecule has 70 valence electrons. The lowest BCUT2D eigenvalue weighted by Crippen LogP contribution is -2.11. The van der Waals surface area contributed by atoms with Crippen LogP contribution in [0.15, 0.2) is 24.2 Å². The van der Waals surface area contributed by atoms with Crippen LogP contribution in [-0.2, 0) is 5.41 Å². The van der Waals surface area contributed by atoms with Crippen LogP contribution in [0.5, 0.6) is 0 Å².